The highest BCUT2D eigenvalue weighted by atomic mass is 16.5. The first-order valence-electron chi connectivity index (χ1n) is 8.04. The smallest absolute Gasteiger partial charge is 0.0600 e. The summed E-state index contributed by atoms with van der Waals surface area (Å²) < 4.78 is 5.98. The lowest BCUT2D eigenvalue weighted by atomic mass is 10.1. The standard InChI is InChI=1S/C15H31N3O/c1-3-18-10-4-5-14(18)13-17(2)11-12-19-15-6-8-16-9-7-15/h14-16H,3-13H2,1-2H3. The van der Waals surface area contributed by atoms with Crippen LogP contribution in [0.15, 0.2) is 0 Å². The number of piperidine rings is 1. The Bertz CT molecular complexity index is 244. The van der Waals surface area contributed by atoms with Gasteiger partial charge in [-0.1, -0.05) is 6.92 Å². The van der Waals surface area contributed by atoms with Crippen molar-refractivity contribution >= 4 is 0 Å². The first-order chi connectivity index (χ1) is 9.29. The van der Waals surface area contributed by atoms with Gasteiger partial charge in [0.2, 0.25) is 0 Å². The number of hydrogen-bond donors (Lipinski definition) is 1. The second-order valence-electron chi connectivity index (χ2n) is 6.01. The molecule has 1 unspecified atom stereocenters. The minimum Gasteiger partial charge on any atom is -0.377 e. The molecule has 1 atom stereocenters. The number of likely N-dealkylation sites (tertiary alicyclic amines) is 1. The maximum atomic E-state index is 5.98. The van der Waals surface area contributed by atoms with E-state index < -0.39 is 0 Å². The quantitative estimate of drug-likeness (QED) is 0.751. The fraction of sp³-hybridized carbons (Fsp3) is 1.00. The number of likely N-dealkylation sites (N-methyl/N-ethyl adjacent to an activating group) is 2. The highest BCUT2D eigenvalue weighted by Crippen LogP contribution is 2.17. The lowest BCUT2D eigenvalue weighted by molar-refractivity contribution is 0.0209. The Morgan fingerprint density at radius 1 is 1.26 bits per heavy atom. The van der Waals surface area contributed by atoms with E-state index in [2.05, 4.69) is 29.1 Å². The Balaban J connectivity index is 1.57. The van der Waals surface area contributed by atoms with Gasteiger partial charge in [-0.05, 0) is 58.9 Å². The molecule has 0 aromatic rings. The van der Waals surface area contributed by atoms with Crippen molar-refractivity contribution in [3.8, 4) is 0 Å². The molecule has 0 saturated carbocycles. The molecule has 0 bridgehead atoms. The van der Waals surface area contributed by atoms with Gasteiger partial charge in [-0.3, -0.25) is 4.90 Å². The molecular formula is C15H31N3O. The lowest BCUT2D eigenvalue weighted by Crippen LogP contribution is -2.40. The van der Waals surface area contributed by atoms with E-state index in [1.807, 2.05) is 0 Å². The van der Waals surface area contributed by atoms with Gasteiger partial charge in [0.1, 0.15) is 0 Å². The van der Waals surface area contributed by atoms with Gasteiger partial charge >= 0.3 is 0 Å². The van der Waals surface area contributed by atoms with Crippen molar-refractivity contribution in [2.24, 2.45) is 0 Å². The van der Waals surface area contributed by atoms with E-state index in [4.69, 9.17) is 4.74 Å². The zero-order valence-electron chi connectivity index (χ0n) is 12.7. The summed E-state index contributed by atoms with van der Waals surface area (Å²) in [5, 5.41) is 3.38. The Morgan fingerprint density at radius 2 is 2.05 bits per heavy atom. The zero-order valence-corrected chi connectivity index (χ0v) is 12.7. The Kier molecular flexibility index (Phi) is 6.57. The first kappa shape index (κ1) is 15.2. The van der Waals surface area contributed by atoms with E-state index in [1.54, 1.807) is 0 Å². The molecule has 2 rings (SSSR count). The Hall–Kier alpha value is -0.160. The Morgan fingerprint density at radius 3 is 2.79 bits per heavy atom. The van der Waals surface area contributed by atoms with Gasteiger partial charge in [-0.25, -0.2) is 0 Å². The third-order valence-corrected chi connectivity index (χ3v) is 4.54. The molecular weight excluding hydrogens is 238 g/mol. The van der Waals surface area contributed by atoms with Crippen LogP contribution in [0, 0.1) is 0 Å². The maximum absolute atomic E-state index is 5.98. The zero-order chi connectivity index (χ0) is 13.5. The number of nitrogens with one attached hydrogen (secondary N) is 1. The lowest BCUT2D eigenvalue weighted by Gasteiger charge is -2.28. The summed E-state index contributed by atoms with van der Waals surface area (Å²) in [5.74, 6) is 0. The highest BCUT2D eigenvalue weighted by molar-refractivity contribution is 4.80. The number of ether oxygens (including phenoxy) is 1. The SMILES string of the molecule is CCN1CCCC1CN(C)CCOC1CCNCC1. The number of rotatable bonds is 7. The van der Waals surface area contributed by atoms with Crippen LogP contribution in [-0.2, 0) is 4.74 Å². The fourth-order valence-electron chi connectivity index (χ4n) is 3.31. The van der Waals surface area contributed by atoms with Gasteiger partial charge in [-0.2, -0.15) is 0 Å². The van der Waals surface area contributed by atoms with E-state index >= 15 is 0 Å². The normalized spacial score (nSPS) is 26.4. The predicted molar refractivity (Wildman–Crippen MR) is 79.6 cm³/mol. The summed E-state index contributed by atoms with van der Waals surface area (Å²) in [7, 11) is 2.23. The summed E-state index contributed by atoms with van der Waals surface area (Å²) in [4.78, 5) is 5.06. The second kappa shape index (κ2) is 8.20. The van der Waals surface area contributed by atoms with Gasteiger partial charge < -0.3 is 15.0 Å². The van der Waals surface area contributed by atoms with Crippen LogP contribution in [0.5, 0.6) is 0 Å². The van der Waals surface area contributed by atoms with Crippen LogP contribution in [0.4, 0.5) is 0 Å². The van der Waals surface area contributed by atoms with E-state index in [-0.39, 0.29) is 0 Å². The molecule has 4 nitrogen and oxygen atoms in total. The van der Waals surface area contributed by atoms with E-state index in [0.29, 0.717) is 6.10 Å². The second-order valence-corrected chi connectivity index (χ2v) is 6.01. The molecule has 1 N–H and O–H groups in total. The Labute approximate surface area is 118 Å². The summed E-state index contributed by atoms with van der Waals surface area (Å²) in [5.41, 5.74) is 0. The molecule has 2 aliphatic rings. The van der Waals surface area contributed by atoms with Gasteiger partial charge in [-0.15, -0.1) is 0 Å². The van der Waals surface area contributed by atoms with Crippen LogP contribution in [0.25, 0.3) is 0 Å². The van der Waals surface area contributed by atoms with Crippen molar-refractivity contribution < 1.29 is 4.74 Å². The van der Waals surface area contributed by atoms with Crippen molar-refractivity contribution in [3.05, 3.63) is 0 Å². The van der Waals surface area contributed by atoms with Gasteiger partial charge in [0.25, 0.3) is 0 Å². The highest BCUT2D eigenvalue weighted by Gasteiger charge is 2.23. The van der Waals surface area contributed by atoms with E-state index in [1.165, 1.54) is 45.3 Å². The molecule has 19 heavy (non-hydrogen) atoms. The fourth-order valence-corrected chi connectivity index (χ4v) is 3.31. The molecule has 0 aromatic heterocycles. The van der Waals surface area contributed by atoms with Crippen molar-refractivity contribution in [2.45, 2.75) is 44.8 Å². The molecule has 112 valence electrons. The minimum atomic E-state index is 0.494. The molecule has 2 saturated heterocycles. The molecule has 4 heteroatoms. The monoisotopic (exact) mass is 269 g/mol. The molecule has 2 fully saturated rings. The average Bonchev–Trinajstić information content (AvgIpc) is 2.87. The molecule has 2 aliphatic heterocycles. The first-order valence-corrected chi connectivity index (χ1v) is 8.04. The molecule has 2 heterocycles. The van der Waals surface area contributed by atoms with Crippen LogP contribution in [0.3, 0.4) is 0 Å². The molecule has 0 spiro atoms. The van der Waals surface area contributed by atoms with Crippen molar-refractivity contribution in [1.29, 1.82) is 0 Å². The van der Waals surface area contributed by atoms with Crippen LogP contribution in [0.2, 0.25) is 0 Å². The average molecular weight is 269 g/mol. The van der Waals surface area contributed by atoms with Gasteiger partial charge in [0, 0.05) is 19.1 Å². The predicted octanol–water partition coefficient (Wildman–Crippen LogP) is 1.17. The van der Waals surface area contributed by atoms with Crippen LogP contribution < -0.4 is 5.32 Å². The third kappa shape index (κ3) is 5.03. The topological polar surface area (TPSA) is 27.7 Å². The minimum absolute atomic E-state index is 0.494. The van der Waals surface area contributed by atoms with Crippen molar-refractivity contribution in [3.63, 3.8) is 0 Å². The summed E-state index contributed by atoms with van der Waals surface area (Å²) in [6, 6.07) is 0.772. The molecule has 0 aliphatic carbocycles. The molecule has 0 amide bonds. The number of nitrogens with zero attached hydrogens (tertiary/aromatic N) is 2. The summed E-state index contributed by atoms with van der Waals surface area (Å²) >= 11 is 0. The van der Waals surface area contributed by atoms with Crippen LogP contribution >= 0.6 is 0 Å². The largest absolute Gasteiger partial charge is 0.377 e. The maximum Gasteiger partial charge on any atom is 0.0600 e. The van der Waals surface area contributed by atoms with E-state index in [0.717, 1.165) is 32.3 Å². The van der Waals surface area contributed by atoms with Crippen molar-refractivity contribution in [1.82, 2.24) is 15.1 Å². The van der Waals surface area contributed by atoms with Crippen LogP contribution in [0.1, 0.15) is 32.6 Å². The van der Waals surface area contributed by atoms with Crippen molar-refractivity contribution in [2.75, 3.05) is 52.9 Å². The van der Waals surface area contributed by atoms with Gasteiger partial charge in [0.05, 0.1) is 12.7 Å². The van der Waals surface area contributed by atoms with E-state index in [9.17, 15) is 0 Å². The summed E-state index contributed by atoms with van der Waals surface area (Å²) in [6.45, 7) is 10.2. The van der Waals surface area contributed by atoms with Crippen LogP contribution in [-0.4, -0.2) is 74.9 Å². The molecule has 0 aromatic carbocycles. The van der Waals surface area contributed by atoms with Gasteiger partial charge in [0.15, 0.2) is 0 Å². The number of hydrogen-bond acceptors (Lipinski definition) is 4. The molecule has 0 radical (unpaired) electrons. The summed E-state index contributed by atoms with van der Waals surface area (Å²) in [6.07, 6.45) is 5.59. The third-order valence-electron chi connectivity index (χ3n) is 4.54.